The Bertz CT molecular complexity index is 289. The summed E-state index contributed by atoms with van der Waals surface area (Å²) in [6.45, 7) is 1.58. The SMILES string of the molecule is Cl.Fc1ccccc1CC1NCCO1. The summed E-state index contributed by atoms with van der Waals surface area (Å²) in [6, 6.07) is 6.80. The van der Waals surface area contributed by atoms with Crippen molar-refractivity contribution in [3.05, 3.63) is 35.6 Å². The monoisotopic (exact) mass is 217 g/mol. The van der Waals surface area contributed by atoms with E-state index >= 15 is 0 Å². The molecule has 0 radical (unpaired) electrons. The van der Waals surface area contributed by atoms with Crippen LogP contribution < -0.4 is 5.32 Å². The summed E-state index contributed by atoms with van der Waals surface area (Å²) >= 11 is 0. The van der Waals surface area contributed by atoms with Crippen molar-refractivity contribution >= 4 is 12.4 Å². The number of hydrogen-bond donors (Lipinski definition) is 1. The van der Waals surface area contributed by atoms with Gasteiger partial charge in [-0.15, -0.1) is 12.4 Å². The normalized spacial score (nSPS) is 20.5. The number of rotatable bonds is 2. The van der Waals surface area contributed by atoms with E-state index in [1.165, 1.54) is 6.07 Å². The van der Waals surface area contributed by atoms with Gasteiger partial charge in [0.2, 0.25) is 0 Å². The first-order chi connectivity index (χ1) is 6.36. The van der Waals surface area contributed by atoms with Crippen LogP contribution in [0.4, 0.5) is 4.39 Å². The summed E-state index contributed by atoms with van der Waals surface area (Å²) in [5, 5.41) is 3.14. The van der Waals surface area contributed by atoms with E-state index in [0.29, 0.717) is 12.0 Å². The molecule has 2 rings (SSSR count). The Morgan fingerprint density at radius 2 is 2.21 bits per heavy atom. The maximum atomic E-state index is 13.2. The van der Waals surface area contributed by atoms with Crippen molar-refractivity contribution in [2.75, 3.05) is 13.2 Å². The van der Waals surface area contributed by atoms with Crippen LogP contribution in [0.1, 0.15) is 5.56 Å². The zero-order chi connectivity index (χ0) is 9.10. The third-order valence-electron chi connectivity index (χ3n) is 2.16. The third kappa shape index (κ3) is 2.67. The van der Waals surface area contributed by atoms with E-state index in [4.69, 9.17) is 4.74 Å². The average Bonchev–Trinajstić information content (AvgIpc) is 2.61. The van der Waals surface area contributed by atoms with Crippen molar-refractivity contribution in [1.82, 2.24) is 5.32 Å². The van der Waals surface area contributed by atoms with Crippen molar-refractivity contribution in [2.24, 2.45) is 0 Å². The van der Waals surface area contributed by atoms with Crippen LogP contribution in [0.2, 0.25) is 0 Å². The second-order valence-electron chi connectivity index (χ2n) is 3.11. The van der Waals surface area contributed by atoms with E-state index in [1.807, 2.05) is 6.07 Å². The van der Waals surface area contributed by atoms with Gasteiger partial charge in [0.1, 0.15) is 12.0 Å². The van der Waals surface area contributed by atoms with Gasteiger partial charge < -0.3 is 4.74 Å². The topological polar surface area (TPSA) is 21.3 Å². The average molecular weight is 218 g/mol. The van der Waals surface area contributed by atoms with Crippen molar-refractivity contribution in [3.63, 3.8) is 0 Å². The fourth-order valence-electron chi connectivity index (χ4n) is 1.47. The Morgan fingerprint density at radius 1 is 1.43 bits per heavy atom. The number of nitrogens with one attached hydrogen (secondary N) is 1. The summed E-state index contributed by atoms with van der Waals surface area (Å²) < 4.78 is 18.5. The van der Waals surface area contributed by atoms with Crippen LogP contribution in [0.3, 0.4) is 0 Å². The van der Waals surface area contributed by atoms with E-state index in [-0.39, 0.29) is 24.5 Å². The van der Waals surface area contributed by atoms with Crippen LogP contribution in [0.5, 0.6) is 0 Å². The van der Waals surface area contributed by atoms with Crippen molar-refractivity contribution in [3.8, 4) is 0 Å². The predicted molar refractivity (Wildman–Crippen MR) is 55.1 cm³/mol. The smallest absolute Gasteiger partial charge is 0.126 e. The summed E-state index contributed by atoms with van der Waals surface area (Å²) in [4.78, 5) is 0. The molecule has 1 aromatic rings. The van der Waals surface area contributed by atoms with Gasteiger partial charge in [-0.1, -0.05) is 18.2 Å². The molecule has 1 aromatic carbocycles. The van der Waals surface area contributed by atoms with Crippen molar-refractivity contribution in [1.29, 1.82) is 0 Å². The highest BCUT2D eigenvalue weighted by atomic mass is 35.5. The molecule has 0 amide bonds. The molecule has 4 heteroatoms. The number of halogens is 2. The molecule has 1 aliphatic rings. The van der Waals surface area contributed by atoms with Gasteiger partial charge in [-0.3, -0.25) is 5.32 Å². The number of ether oxygens (including phenoxy) is 1. The van der Waals surface area contributed by atoms with Gasteiger partial charge in [0.05, 0.1) is 6.61 Å². The zero-order valence-corrected chi connectivity index (χ0v) is 8.52. The fourth-order valence-corrected chi connectivity index (χ4v) is 1.47. The molecule has 1 unspecified atom stereocenters. The minimum atomic E-state index is -0.153. The molecule has 2 nitrogen and oxygen atoms in total. The molecule has 1 atom stereocenters. The molecule has 1 heterocycles. The lowest BCUT2D eigenvalue weighted by molar-refractivity contribution is 0.101. The quantitative estimate of drug-likeness (QED) is 0.815. The lowest BCUT2D eigenvalue weighted by Gasteiger charge is -2.09. The van der Waals surface area contributed by atoms with E-state index < -0.39 is 0 Å². The van der Waals surface area contributed by atoms with Crippen LogP contribution in [-0.4, -0.2) is 19.4 Å². The van der Waals surface area contributed by atoms with E-state index in [9.17, 15) is 4.39 Å². The highest BCUT2D eigenvalue weighted by Gasteiger charge is 2.15. The second kappa shape index (κ2) is 5.29. The Kier molecular flexibility index (Phi) is 4.32. The standard InChI is InChI=1S/C10H12FNO.ClH/c11-9-4-2-1-3-8(9)7-10-12-5-6-13-10;/h1-4,10,12H,5-7H2;1H. The van der Waals surface area contributed by atoms with Gasteiger partial charge >= 0.3 is 0 Å². The molecule has 0 bridgehead atoms. The summed E-state index contributed by atoms with van der Waals surface area (Å²) in [5.74, 6) is -0.153. The number of hydrogen-bond acceptors (Lipinski definition) is 2. The minimum absolute atomic E-state index is 0. The molecule has 0 spiro atoms. The molecule has 1 fully saturated rings. The fraction of sp³-hybridized carbons (Fsp3) is 0.400. The van der Waals surface area contributed by atoms with Crippen LogP contribution in [0, 0.1) is 5.82 Å². The van der Waals surface area contributed by atoms with Gasteiger partial charge in [-0.2, -0.15) is 0 Å². The lowest BCUT2D eigenvalue weighted by Crippen LogP contribution is -2.25. The summed E-state index contributed by atoms with van der Waals surface area (Å²) in [5.41, 5.74) is 0.710. The minimum Gasteiger partial charge on any atom is -0.362 e. The highest BCUT2D eigenvalue weighted by Crippen LogP contribution is 2.11. The molecule has 0 saturated carbocycles. The van der Waals surface area contributed by atoms with Crippen LogP contribution in [0.25, 0.3) is 0 Å². The number of benzene rings is 1. The Morgan fingerprint density at radius 3 is 2.86 bits per heavy atom. The van der Waals surface area contributed by atoms with Crippen LogP contribution >= 0.6 is 12.4 Å². The molecular weight excluding hydrogens is 205 g/mol. The molecule has 1 N–H and O–H groups in total. The van der Waals surface area contributed by atoms with E-state index in [1.54, 1.807) is 12.1 Å². The Balaban J connectivity index is 0.000000980. The van der Waals surface area contributed by atoms with Gasteiger partial charge in [-0.25, -0.2) is 4.39 Å². The van der Waals surface area contributed by atoms with Gasteiger partial charge in [0.15, 0.2) is 0 Å². The second-order valence-corrected chi connectivity index (χ2v) is 3.11. The summed E-state index contributed by atoms with van der Waals surface area (Å²) in [7, 11) is 0. The maximum Gasteiger partial charge on any atom is 0.126 e. The van der Waals surface area contributed by atoms with E-state index in [0.717, 1.165) is 13.2 Å². The van der Waals surface area contributed by atoms with Crippen LogP contribution in [0.15, 0.2) is 24.3 Å². The highest BCUT2D eigenvalue weighted by molar-refractivity contribution is 5.85. The van der Waals surface area contributed by atoms with E-state index in [2.05, 4.69) is 5.32 Å². The molecule has 0 aliphatic carbocycles. The molecule has 1 aliphatic heterocycles. The Hall–Kier alpha value is -0.640. The first-order valence-corrected chi connectivity index (χ1v) is 4.44. The first-order valence-electron chi connectivity index (χ1n) is 4.44. The summed E-state index contributed by atoms with van der Waals surface area (Å²) in [6.07, 6.45) is 0.587. The lowest BCUT2D eigenvalue weighted by atomic mass is 10.1. The third-order valence-corrected chi connectivity index (χ3v) is 2.16. The maximum absolute atomic E-state index is 13.2. The largest absolute Gasteiger partial charge is 0.362 e. The first kappa shape index (κ1) is 11.4. The van der Waals surface area contributed by atoms with Gasteiger partial charge in [0.25, 0.3) is 0 Å². The van der Waals surface area contributed by atoms with Gasteiger partial charge in [0, 0.05) is 13.0 Å². The Labute approximate surface area is 88.9 Å². The predicted octanol–water partition coefficient (Wildman–Crippen LogP) is 1.74. The zero-order valence-electron chi connectivity index (χ0n) is 7.70. The van der Waals surface area contributed by atoms with Crippen LogP contribution in [-0.2, 0) is 11.2 Å². The molecule has 1 saturated heterocycles. The van der Waals surface area contributed by atoms with Gasteiger partial charge in [-0.05, 0) is 11.6 Å². The molecule has 78 valence electrons. The molecule has 14 heavy (non-hydrogen) atoms. The molecule has 0 aromatic heterocycles. The van der Waals surface area contributed by atoms with Crippen molar-refractivity contribution in [2.45, 2.75) is 12.6 Å². The molecular formula is C10H13ClFNO. The van der Waals surface area contributed by atoms with Crippen molar-refractivity contribution < 1.29 is 9.13 Å².